The topological polar surface area (TPSA) is 98.1 Å². The minimum Gasteiger partial charge on any atom is -0.463 e. The van der Waals surface area contributed by atoms with Crippen LogP contribution in [0, 0.1) is 11.3 Å². The number of hydrogen-bond donors (Lipinski definition) is 1. The average molecular weight is 442 g/mol. The fourth-order valence-corrected chi connectivity index (χ4v) is 5.70. The first-order chi connectivity index (χ1) is 14.1. The third-order valence-electron chi connectivity index (χ3n) is 4.48. The van der Waals surface area contributed by atoms with Gasteiger partial charge in [-0.2, -0.15) is 27.9 Å². The highest BCUT2D eigenvalue weighted by Gasteiger charge is 2.36. The third-order valence-corrected chi connectivity index (χ3v) is 6.99. The third kappa shape index (κ3) is 3.25. The van der Waals surface area contributed by atoms with E-state index in [0.29, 0.717) is 9.20 Å². The van der Waals surface area contributed by atoms with E-state index in [9.17, 15) is 14.9 Å². The van der Waals surface area contributed by atoms with Gasteiger partial charge in [-0.05, 0) is 57.8 Å². The lowest BCUT2D eigenvalue weighted by atomic mass is 9.85. The molecule has 29 heavy (non-hydrogen) atoms. The van der Waals surface area contributed by atoms with Crippen molar-refractivity contribution in [3.8, 4) is 6.07 Å². The lowest BCUT2D eigenvalue weighted by Gasteiger charge is -2.23. The van der Waals surface area contributed by atoms with E-state index in [2.05, 4.69) is 6.07 Å². The van der Waals surface area contributed by atoms with E-state index in [1.807, 2.05) is 33.7 Å². The number of rotatable bonds is 4. The number of nitrogens with zero attached hydrogens (tertiary/aromatic N) is 2. The van der Waals surface area contributed by atoms with Crippen LogP contribution in [-0.2, 0) is 9.53 Å². The van der Waals surface area contributed by atoms with Crippen LogP contribution in [0.4, 0.5) is 0 Å². The van der Waals surface area contributed by atoms with E-state index in [1.165, 1.54) is 38.6 Å². The molecule has 1 aliphatic rings. The Kier molecular flexibility index (Phi) is 5.24. The standard InChI is InChI=1S/C20H15N3O3S3/c1-2-26-20(25)16-15(12-4-6-28-10-12)13(8-21)17(22)23-18(24)14(29-19(16)23)7-11-3-5-27-9-11/h3-7,9-10,15H,2,22H2,1H3/b14-7-/t15-/m1/s1. The molecule has 146 valence electrons. The van der Waals surface area contributed by atoms with Crippen molar-refractivity contribution in [1.29, 1.82) is 5.26 Å². The Balaban J connectivity index is 2.11. The molecule has 1 aliphatic heterocycles. The maximum atomic E-state index is 13.1. The van der Waals surface area contributed by atoms with Crippen LogP contribution in [0.15, 0.2) is 44.0 Å². The van der Waals surface area contributed by atoms with Crippen LogP contribution in [0.2, 0.25) is 0 Å². The molecular formula is C20H15N3O3S3. The van der Waals surface area contributed by atoms with Gasteiger partial charge >= 0.3 is 5.97 Å². The van der Waals surface area contributed by atoms with Gasteiger partial charge in [-0.15, -0.1) is 11.3 Å². The van der Waals surface area contributed by atoms with Crippen molar-refractivity contribution in [1.82, 2.24) is 4.57 Å². The van der Waals surface area contributed by atoms with E-state index in [0.717, 1.165) is 11.1 Å². The Morgan fingerprint density at radius 3 is 2.72 bits per heavy atom. The van der Waals surface area contributed by atoms with E-state index < -0.39 is 11.9 Å². The van der Waals surface area contributed by atoms with Crippen molar-refractivity contribution in [3.05, 3.63) is 69.9 Å². The predicted molar refractivity (Wildman–Crippen MR) is 116 cm³/mol. The molecule has 3 aromatic heterocycles. The summed E-state index contributed by atoms with van der Waals surface area (Å²) in [6.45, 7) is 1.90. The highest BCUT2D eigenvalue weighted by atomic mass is 32.1. The minimum absolute atomic E-state index is 0.0537. The maximum absolute atomic E-state index is 13.1. The molecule has 0 saturated heterocycles. The molecule has 0 unspecified atom stereocenters. The largest absolute Gasteiger partial charge is 0.463 e. The van der Waals surface area contributed by atoms with Gasteiger partial charge < -0.3 is 10.5 Å². The fourth-order valence-electron chi connectivity index (χ4n) is 3.23. The highest BCUT2D eigenvalue weighted by Crippen LogP contribution is 2.37. The monoisotopic (exact) mass is 441 g/mol. The number of nitrogens with two attached hydrogens (primary N) is 1. The number of carbonyl (C=O) groups is 1. The van der Waals surface area contributed by atoms with E-state index >= 15 is 0 Å². The Labute approximate surface area is 177 Å². The van der Waals surface area contributed by atoms with Crippen molar-refractivity contribution in [3.63, 3.8) is 0 Å². The number of aromatic nitrogens is 1. The number of nitriles is 1. The van der Waals surface area contributed by atoms with Gasteiger partial charge in [-0.1, -0.05) is 0 Å². The highest BCUT2D eigenvalue weighted by molar-refractivity contribution is 7.08. The summed E-state index contributed by atoms with van der Waals surface area (Å²) >= 11 is 4.16. The lowest BCUT2D eigenvalue weighted by molar-refractivity contribution is -0.136. The number of carbonyl (C=O) groups excluding carboxylic acids is 1. The normalized spacial score (nSPS) is 16.6. The first kappa shape index (κ1) is 19.4. The molecule has 0 amide bonds. The van der Waals surface area contributed by atoms with Gasteiger partial charge in [-0.25, -0.2) is 4.79 Å². The SMILES string of the molecule is CCOC(=O)C1=c2s/c(=C\c3ccsc3)c(=O)n2C(N)=C(C#N)[C@H]1c1ccsc1. The molecule has 0 saturated carbocycles. The number of esters is 1. The zero-order chi connectivity index (χ0) is 20.5. The smallest absolute Gasteiger partial charge is 0.338 e. The molecule has 0 aromatic carbocycles. The zero-order valence-corrected chi connectivity index (χ0v) is 17.7. The lowest BCUT2D eigenvalue weighted by Crippen LogP contribution is -2.40. The molecule has 3 aromatic rings. The van der Waals surface area contributed by atoms with Gasteiger partial charge in [0.05, 0.1) is 34.3 Å². The Hall–Kier alpha value is -2.93. The Morgan fingerprint density at radius 1 is 1.34 bits per heavy atom. The molecule has 0 fully saturated rings. The molecule has 4 heterocycles. The van der Waals surface area contributed by atoms with Gasteiger partial charge in [-0.3, -0.25) is 9.36 Å². The number of ether oxygens (including phenoxy) is 1. The summed E-state index contributed by atoms with van der Waals surface area (Å²) in [5.74, 6) is -1.17. The molecule has 0 radical (unpaired) electrons. The van der Waals surface area contributed by atoms with Crippen LogP contribution in [0.1, 0.15) is 24.0 Å². The molecule has 0 aliphatic carbocycles. The predicted octanol–water partition coefficient (Wildman–Crippen LogP) is 2.02. The fraction of sp³-hybridized carbons (Fsp3) is 0.150. The quantitative estimate of drug-likeness (QED) is 0.625. The van der Waals surface area contributed by atoms with Crippen LogP contribution < -0.4 is 20.5 Å². The number of hydrogen-bond acceptors (Lipinski definition) is 8. The summed E-state index contributed by atoms with van der Waals surface area (Å²) in [5, 5.41) is 17.4. The molecule has 6 nitrogen and oxygen atoms in total. The molecular weight excluding hydrogens is 426 g/mol. The molecule has 1 atom stereocenters. The Bertz CT molecular complexity index is 1320. The van der Waals surface area contributed by atoms with Gasteiger partial charge in [0.2, 0.25) is 0 Å². The van der Waals surface area contributed by atoms with Crippen molar-refractivity contribution in [2.45, 2.75) is 12.8 Å². The number of allylic oxidation sites excluding steroid dienone is 1. The van der Waals surface area contributed by atoms with Crippen molar-refractivity contribution < 1.29 is 9.53 Å². The van der Waals surface area contributed by atoms with Crippen LogP contribution in [-0.4, -0.2) is 17.1 Å². The van der Waals surface area contributed by atoms with Gasteiger partial charge in [0.15, 0.2) is 0 Å². The van der Waals surface area contributed by atoms with Crippen LogP contribution in [0.25, 0.3) is 17.5 Å². The van der Waals surface area contributed by atoms with Crippen LogP contribution >= 0.6 is 34.0 Å². The van der Waals surface area contributed by atoms with E-state index in [1.54, 1.807) is 13.0 Å². The number of fused-ring (bicyclic) bond motifs is 1. The maximum Gasteiger partial charge on any atom is 0.338 e. The Morgan fingerprint density at radius 2 is 2.10 bits per heavy atom. The van der Waals surface area contributed by atoms with Gasteiger partial charge in [0.25, 0.3) is 5.56 Å². The van der Waals surface area contributed by atoms with Crippen molar-refractivity contribution >= 4 is 57.4 Å². The van der Waals surface area contributed by atoms with E-state index in [4.69, 9.17) is 10.5 Å². The minimum atomic E-state index is -0.669. The summed E-state index contributed by atoms with van der Waals surface area (Å²) in [5.41, 5.74) is 8.02. The second-order valence-corrected chi connectivity index (χ2v) is 8.74. The van der Waals surface area contributed by atoms with Crippen molar-refractivity contribution in [2.75, 3.05) is 6.61 Å². The summed E-state index contributed by atoms with van der Waals surface area (Å²) in [4.78, 5) is 26.0. The van der Waals surface area contributed by atoms with Gasteiger partial charge in [0.1, 0.15) is 10.5 Å². The molecule has 4 rings (SSSR count). The molecule has 9 heteroatoms. The average Bonchev–Trinajstić information content (AvgIpc) is 3.45. The van der Waals surface area contributed by atoms with Crippen molar-refractivity contribution in [2.24, 2.45) is 5.73 Å². The van der Waals surface area contributed by atoms with Gasteiger partial charge in [0, 0.05) is 0 Å². The zero-order valence-electron chi connectivity index (χ0n) is 15.2. The summed E-state index contributed by atoms with van der Waals surface area (Å²) in [6.07, 6.45) is 1.76. The number of thiophene rings is 2. The number of thiazole rings is 1. The second kappa shape index (κ2) is 7.83. The molecule has 0 spiro atoms. The second-order valence-electron chi connectivity index (χ2n) is 6.15. The van der Waals surface area contributed by atoms with E-state index in [-0.39, 0.29) is 29.1 Å². The molecule has 2 N–H and O–H groups in total. The summed E-state index contributed by atoms with van der Waals surface area (Å²) in [6, 6.07) is 5.86. The summed E-state index contributed by atoms with van der Waals surface area (Å²) in [7, 11) is 0. The first-order valence-electron chi connectivity index (χ1n) is 8.66. The van der Waals surface area contributed by atoms with Crippen LogP contribution in [0.3, 0.4) is 0 Å². The molecule has 0 bridgehead atoms. The summed E-state index contributed by atoms with van der Waals surface area (Å²) < 4.78 is 7.39. The first-order valence-corrected chi connectivity index (χ1v) is 11.4. The van der Waals surface area contributed by atoms with Crippen LogP contribution in [0.5, 0.6) is 0 Å².